The fourth-order valence-corrected chi connectivity index (χ4v) is 2.80. The number of likely N-dealkylation sites (tertiary alicyclic amines) is 1. The number of amides is 3. The fourth-order valence-electron chi connectivity index (χ4n) is 2.80. The Morgan fingerprint density at radius 1 is 1.28 bits per heavy atom. The second kappa shape index (κ2) is 8.71. The minimum absolute atomic E-state index is 0.0352. The molecule has 1 aromatic rings. The number of nitrogens with one attached hydrogen (secondary N) is 2. The van der Waals surface area contributed by atoms with Crippen LogP contribution in [0.15, 0.2) is 24.3 Å². The van der Waals surface area contributed by atoms with Gasteiger partial charge in [0.15, 0.2) is 0 Å². The third kappa shape index (κ3) is 5.35. The molecule has 0 unspecified atom stereocenters. The van der Waals surface area contributed by atoms with Crippen LogP contribution in [0.25, 0.3) is 0 Å². The number of ether oxygens (including phenoxy) is 1. The molecule has 3 N–H and O–H groups in total. The molecule has 0 spiro atoms. The maximum Gasteiger partial charge on any atom is 0.317 e. The molecule has 138 valence electrons. The zero-order chi connectivity index (χ0) is 18.4. The fraction of sp³-hybridized carbons (Fsp3) is 0.556. The van der Waals surface area contributed by atoms with Crippen LogP contribution in [0.2, 0.25) is 0 Å². The van der Waals surface area contributed by atoms with Gasteiger partial charge in [0.25, 0.3) is 5.91 Å². The first-order valence-corrected chi connectivity index (χ1v) is 8.59. The molecule has 2 rings (SSSR count). The molecule has 0 aliphatic carbocycles. The second-order valence-electron chi connectivity index (χ2n) is 6.57. The largest absolute Gasteiger partial charge is 0.497 e. The number of aliphatic hydroxyl groups excluding tert-OH is 1. The Bertz CT molecular complexity index is 588. The molecule has 1 fully saturated rings. The van der Waals surface area contributed by atoms with Crippen LogP contribution in [0.4, 0.5) is 4.79 Å². The summed E-state index contributed by atoms with van der Waals surface area (Å²) in [4.78, 5) is 26.3. The van der Waals surface area contributed by atoms with E-state index in [1.807, 2.05) is 13.8 Å². The van der Waals surface area contributed by atoms with E-state index in [-0.39, 0.29) is 24.5 Å². The standard InChI is InChI=1S/C18H27N3O4/c1-12(2)19-18(24)21-10-4-5-16(22)15(11-21)20-17(23)13-6-8-14(25-3)9-7-13/h6-9,12,15-16,22H,4-5,10-11H2,1-3H3,(H,19,24)(H,20,23)/t15-,16-/m1/s1. The van der Waals surface area contributed by atoms with Crippen molar-refractivity contribution in [2.75, 3.05) is 20.2 Å². The van der Waals surface area contributed by atoms with Gasteiger partial charge in [-0.15, -0.1) is 0 Å². The topological polar surface area (TPSA) is 90.9 Å². The van der Waals surface area contributed by atoms with E-state index < -0.39 is 12.1 Å². The molecule has 1 aromatic carbocycles. The predicted octanol–water partition coefficient (Wildman–Crippen LogP) is 1.37. The van der Waals surface area contributed by atoms with E-state index in [9.17, 15) is 14.7 Å². The summed E-state index contributed by atoms with van der Waals surface area (Å²) in [6.07, 6.45) is 0.555. The lowest BCUT2D eigenvalue weighted by atomic mass is 10.1. The average Bonchev–Trinajstić information content (AvgIpc) is 2.76. The van der Waals surface area contributed by atoms with Crippen LogP contribution in [0.1, 0.15) is 37.0 Å². The van der Waals surface area contributed by atoms with Crippen molar-refractivity contribution in [1.82, 2.24) is 15.5 Å². The zero-order valence-corrected chi connectivity index (χ0v) is 15.0. The van der Waals surface area contributed by atoms with Gasteiger partial charge in [-0.2, -0.15) is 0 Å². The maximum atomic E-state index is 12.4. The highest BCUT2D eigenvalue weighted by Crippen LogP contribution is 2.15. The highest BCUT2D eigenvalue weighted by molar-refractivity contribution is 5.94. The summed E-state index contributed by atoms with van der Waals surface area (Å²) in [5, 5.41) is 16.0. The first kappa shape index (κ1) is 19.1. The summed E-state index contributed by atoms with van der Waals surface area (Å²) in [7, 11) is 1.56. The Balaban J connectivity index is 2.03. The molecular formula is C18H27N3O4. The van der Waals surface area contributed by atoms with Gasteiger partial charge >= 0.3 is 6.03 Å². The summed E-state index contributed by atoms with van der Waals surface area (Å²) < 4.78 is 5.08. The van der Waals surface area contributed by atoms with Gasteiger partial charge in [0.1, 0.15) is 5.75 Å². The third-order valence-electron chi connectivity index (χ3n) is 4.18. The third-order valence-corrected chi connectivity index (χ3v) is 4.18. The van der Waals surface area contributed by atoms with E-state index in [1.54, 1.807) is 36.3 Å². The number of hydrogen-bond acceptors (Lipinski definition) is 4. The van der Waals surface area contributed by atoms with Gasteiger partial charge in [0.2, 0.25) is 0 Å². The number of urea groups is 1. The van der Waals surface area contributed by atoms with Gasteiger partial charge in [-0.1, -0.05) is 0 Å². The molecule has 1 aliphatic heterocycles. The minimum atomic E-state index is -0.681. The smallest absolute Gasteiger partial charge is 0.317 e. The molecule has 0 aromatic heterocycles. The monoisotopic (exact) mass is 349 g/mol. The van der Waals surface area contributed by atoms with Crippen molar-refractivity contribution in [3.05, 3.63) is 29.8 Å². The van der Waals surface area contributed by atoms with Crippen LogP contribution in [0, 0.1) is 0 Å². The Morgan fingerprint density at radius 3 is 2.56 bits per heavy atom. The normalized spacial score (nSPS) is 20.8. The highest BCUT2D eigenvalue weighted by atomic mass is 16.5. The van der Waals surface area contributed by atoms with Crippen molar-refractivity contribution in [3.63, 3.8) is 0 Å². The highest BCUT2D eigenvalue weighted by Gasteiger charge is 2.29. The first-order valence-electron chi connectivity index (χ1n) is 8.59. The molecule has 1 saturated heterocycles. The van der Waals surface area contributed by atoms with E-state index in [0.29, 0.717) is 30.7 Å². The maximum absolute atomic E-state index is 12.4. The quantitative estimate of drug-likeness (QED) is 0.766. The van der Waals surface area contributed by atoms with Crippen molar-refractivity contribution >= 4 is 11.9 Å². The van der Waals surface area contributed by atoms with E-state index in [4.69, 9.17) is 4.74 Å². The second-order valence-corrected chi connectivity index (χ2v) is 6.57. The molecule has 0 radical (unpaired) electrons. The molecular weight excluding hydrogens is 322 g/mol. The average molecular weight is 349 g/mol. The lowest BCUT2D eigenvalue weighted by Gasteiger charge is -2.28. The summed E-state index contributed by atoms with van der Waals surface area (Å²) in [6.45, 7) is 4.63. The number of aliphatic hydroxyl groups is 1. The molecule has 7 heteroatoms. The Morgan fingerprint density at radius 2 is 1.96 bits per heavy atom. The van der Waals surface area contributed by atoms with Gasteiger partial charge in [-0.25, -0.2) is 4.79 Å². The van der Waals surface area contributed by atoms with E-state index >= 15 is 0 Å². The zero-order valence-electron chi connectivity index (χ0n) is 15.0. The van der Waals surface area contributed by atoms with Gasteiger partial charge in [-0.05, 0) is 51.0 Å². The van der Waals surface area contributed by atoms with Crippen LogP contribution < -0.4 is 15.4 Å². The number of hydrogen-bond donors (Lipinski definition) is 3. The molecule has 1 aliphatic rings. The van der Waals surface area contributed by atoms with Crippen molar-refractivity contribution < 1.29 is 19.4 Å². The van der Waals surface area contributed by atoms with Crippen molar-refractivity contribution in [3.8, 4) is 5.75 Å². The predicted molar refractivity (Wildman–Crippen MR) is 94.7 cm³/mol. The molecule has 3 amide bonds. The lowest BCUT2D eigenvalue weighted by molar-refractivity contribution is 0.0808. The van der Waals surface area contributed by atoms with Crippen LogP contribution in [-0.2, 0) is 0 Å². The Kier molecular flexibility index (Phi) is 6.64. The number of rotatable bonds is 4. The molecule has 7 nitrogen and oxygen atoms in total. The lowest BCUT2D eigenvalue weighted by Crippen LogP contribution is -2.52. The summed E-state index contributed by atoms with van der Waals surface area (Å²) >= 11 is 0. The molecule has 0 bridgehead atoms. The number of methoxy groups -OCH3 is 1. The SMILES string of the molecule is COc1ccc(C(=O)N[C@@H]2CN(C(=O)NC(C)C)CCC[C@H]2O)cc1. The number of benzene rings is 1. The van der Waals surface area contributed by atoms with Crippen molar-refractivity contribution in [2.24, 2.45) is 0 Å². The van der Waals surface area contributed by atoms with Crippen LogP contribution >= 0.6 is 0 Å². The van der Waals surface area contributed by atoms with E-state index in [1.165, 1.54) is 0 Å². The van der Waals surface area contributed by atoms with Crippen LogP contribution in [0.3, 0.4) is 0 Å². The number of carbonyl (C=O) groups is 2. The molecule has 1 heterocycles. The number of carbonyl (C=O) groups excluding carboxylic acids is 2. The van der Waals surface area contributed by atoms with Crippen LogP contribution in [-0.4, -0.2) is 60.3 Å². The minimum Gasteiger partial charge on any atom is -0.497 e. The Hall–Kier alpha value is -2.28. The van der Waals surface area contributed by atoms with E-state index in [0.717, 1.165) is 0 Å². The van der Waals surface area contributed by atoms with Gasteiger partial charge in [0, 0.05) is 24.7 Å². The van der Waals surface area contributed by atoms with Crippen LogP contribution in [0.5, 0.6) is 5.75 Å². The summed E-state index contributed by atoms with van der Waals surface area (Å²) in [6, 6.07) is 6.11. The van der Waals surface area contributed by atoms with Gasteiger partial charge in [-0.3, -0.25) is 4.79 Å². The van der Waals surface area contributed by atoms with Crippen molar-refractivity contribution in [1.29, 1.82) is 0 Å². The van der Waals surface area contributed by atoms with Crippen molar-refractivity contribution in [2.45, 2.75) is 44.9 Å². The molecule has 0 saturated carbocycles. The number of nitrogens with zero attached hydrogens (tertiary/aromatic N) is 1. The molecule has 25 heavy (non-hydrogen) atoms. The first-order chi connectivity index (χ1) is 11.9. The summed E-state index contributed by atoms with van der Waals surface area (Å²) in [5.74, 6) is 0.389. The van der Waals surface area contributed by atoms with Gasteiger partial charge < -0.3 is 25.4 Å². The molecule has 2 atom stereocenters. The summed E-state index contributed by atoms with van der Waals surface area (Å²) in [5.41, 5.74) is 0.482. The van der Waals surface area contributed by atoms with E-state index in [2.05, 4.69) is 10.6 Å². The van der Waals surface area contributed by atoms with Gasteiger partial charge in [0.05, 0.1) is 19.3 Å². The Labute approximate surface area is 148 Å².